The van der Waals surface area contributed by atoms with Gasteiger partial charge in [-0.25, -0.2) is 9.82 Å². The Morgan fingerprint density at radius 1 is 1.35 bits per heavy atom. The number of hydrazone groups is 1. The number of rotatable bonds is 6. The summed E-state index contributed by atoms with van der Waals surface area (Å²) in [6.45, 7) is 0.920. The molecule has 0 saturated carbocycles. The quantitative estimate of drug-likeness (QED) is 0.802. The van der Waals surface area contributed by atoms with Crippen molar-refractivity contribution >= 4 is 17.5 Å². The second kappa shape index (κ2) is 8.75. The summed E-state index contributed by atoms with van der Waals surface area (Å²) in [7, 11) is 0. The minimum absolute atomic E-state index is 0.0988. The fraction of sp³-hybridized carbons (Fsp3) is 0.500. The van der Waals surface area contributed by atoms with Crippen molar-refractivity contribution in [1.29, 1.82) is 0 Å². The molecule has 2 amide bonds. The highest BCUT2D eigenvalue weighted by Crippen LogP contribution is 2.19. The normalized spacial score (nSPS) is 23.0. The van der Waals surface area contributed by atoms with Crippen LogP contribution >= 0.6 is 0 Å². The minimum atomic E-state index is -0.323. The molecule has 1 aromatic carbocycles. The summed E-state index contributed by atoms with van der Waals surface area (Å²) in [6.07, 6.45) is 2.19. The molecule has 2 N–H and O–H groups in total. The Kier molecular flexibility index (Phi) is 6.17. The Bertz CT molecular complexity index is 678. The van der Waals surface area contributed by atoms with Gasteiger partial charge in [0.05, 0.1) is 19.3 Å². The van der Waals surface area contributed by atoms with E-state index in [2.05, 4.69) is 15.8 Å². The number of carbonyl (C=O) groups excluding carboxylic acids is 2. The molecule has 0 aromatic heterocycles. The lowest BCUT2D eigenvalue weighted by atomic mass is 10.0. The number of ether oxygens (including phenoxy) is 2. The van der Waals surface area contributed by atoms with Gasteiger partial charge in [0.25, 0.3) is 0 Å². The molecule has 1 saturated heterocycles. The first-order chi connectivity index (χ1) is 12.6. The maximum atomic E-state index is 13.0. The molecule has 0 radical (unpaired) electrons. The maximum absolute atomic E-state index is 13.0. The van der Waals surface area contributed by atoms with Crippen LogP contribution in [0.25, 0.3) is 0 Å². The van der Waals surface area contributed by atoms with E-state index in [-0.39, 0.29) is 36.2 Å². The number of halogens is 1. The number of amides is 2. The third-order valence-electron chi connectivity index (χ3n) is 4.36. The van der Waals surface area contributed by atoms with E-state index in [1.54, 1.807) is 12.1 Å². The standard InChI is InChI=1S/C18H22FN3O4/c19-12-1-5-14(6-2-12)26-16-9-10-25-11-15(16)20-17(23)7-3-13-4-8-18(24)22-21-13/h1-2,5-6,15-16H,3-4,7-11H2,(H,20,23)(H,22,24). The number of nitrogens with zero attached hydrogens (tertiary/aromatic N) is 1. The number of hydrogen-bond acceptors (Lipinski definition) is 5. The van der Waals surface area contributed by atoms with E-state index in [1.807, 2.05) is 0 Å². The predicted octanol–water partition coefficient (Wildman–Crippen LogP) is 1.52. The van der Waals surface area contributed by atoms with Gasteiger partial charge in [-0.2, -0.15) is 5.10 Å². The highest BCUT2D eigenvalue weighted by Gasteiger charge is 2.29. The van der Waals surface area contributed by atoms with Crippen LogP contribution in [-0.2, 0) is 14.3 Å². The summed E-state index contributed by atoms with van der Waals surface area (Å²) in [6, 6.07) is 5.55. The van der Waals surface area contributed by atoms with Gasteiger partial charge in [0.1, 0.15) is 17.7 Å². The van der Waals surface area contributed by atoms with Crippen LogP contribution in [0.5, 0.6) is 5.75 Å². The summed E-state index contributed by atoms with van der Waals surface area (Å²) in [5.41, 5.74) is 3.24. The van der Waals surface area contributed by atoms with Crippen molar-refractivity contribution in [2.75, 3.05) is 13.2 Å². The third kappa shape index (κ3) is 5.26. The van der Waals surface area contributed by atoms with E-state index < -0.39 is 0 Å². The summed E-state index contributed by atoms with van der Waals surface area (Å²) in [4.78, 5) is 23.3. The zero-order chi connectivity index (χ0) is 18.4. The third-order valence-corrected chi connectivity index (χ3v) is 4.36. The van der Waals surface area contributed by atoms with Crippen LogP contribution in [0.15, 0.2) is 29.4 Å². The Labute approximate surface area is 150 Å². The summed E-state index contributed by atoms with van der Waals surface area (Å²) >= 11 is 0. The molecular weight excluding hydrogens is 341 g/mol. The van der Waals surface area contributed by atoms with Gasteiger partial charge >= 0.3 is 0 Å². The first-order valence-corrected chi connectivity index (χ1v) is 8.74. The summed E-state index contributed by atoms with van der Waals surface area (Å²) in [5, 5.41) is 6.91. The van der Waals surface area contributed by atoms with Crippen LogP contribution in [0.2, 0.25) is 0 Å². The van der Waals surface area contributed by atoms with E-state index in [9.17, 15) is 14.0 Å². The highest BCUT2D eigenvalue weighted by molar-refractivity contribution is 5.94. The molecule has 140 valence electrons. The van der Waals surface area contributed by atoms with E-state index in [1.165, 1.54) is 12.1 Å². The molecule has 0 spiro atoms. The van der Waals surface area contributed by atoms with Crippen molar-refractivity contribution in [2.45, 2.75) is 44.2 Å². The van der Waals surface area contributed by atoms with Gasteiger partial charge in [-0.05, 0) is 37.1 Å². The molecule has 2 heterocycles. The van der Waals surface area contributed by atoms with Crippen molar-refractivity contribution in [1.82, 2.24) is 10.7 Å². The van der Waals surface area contributed by atoms with Crippen molar-refractivity contribution in [3.63, 3.8) is 0 Å². The number of hydrogen-bond donors (Lipinski definition) is 2. The van der Waals surface area contributed by atoms with Gasteiger partial charge in [-0.3, -0.25) is 9.59 Å². The molecule has 8 heteroatoms. The van der Waals surface area contributed by atoms with Crippen LogP contribution in [0.3, 0.4) is 0 Å². The molecule has 2 aliphatic rings. The van der Waals surface area contributed by atoms with Gasteiger partial charge in [0.15, 0.2) is 0 Å². The Morgan fingerprint density at radius 2 is 2.15 bits per heavy atom. The average molecular weight is 363 g/mol. The van der Waals surface area contributed by atoms with Crippen molar-refractivity contribution in [3.05, 3.63) is 30.1 Å². The molecule has 2 unspecified atom stereocenters. The fourth-order valence-corrected chi connectivity index (χ4v) is 2.91. The Hall–Kier alpha value is -2.48. The minimum Gasteiger partial charge on any atom is -0.488 e. The van der Waals surface area contributed by atoms with Crippen LogP contribution in [0, 0.1) is 5.82 Å². The molecule has 3 rings (SSSR count). The lowest BCUT2D eigenvalue weighted by Crippen LogP contribution is -2.51. The average Bonchev–Trinajstić information content (AvgIpc) is 2.65. The first-order valence-electron chi connectivity index (χ1n) is 8.74. The largest absolute Gasteiger partial charge is 0.488 e. The van der Waals surface area contributed by atoms with Gasteiger partial charge in [-0.15, -0.1) is 0 Å². The zero-order valence-electron chi connectivity index (χ0n) is 14.4. The molecule has 7 nitrogen and oxygen atoms in total. The van der Waals surface area contributed by atoms with E-state index >= 15 is 0 Å². The summed E-state index contributed by atoms with van der Waals surface area (Å²) < 4.78 is 24.4. The van der Waals surface area contributed by atoms with Gasteiger partial charge in [-0.1, -0.05) is 0 Å². The maximum Gasteiger partial charge on any atom is 0.240 e. The lowest BCUT2D eigenvalue weighted by Gasteiger charge is -2.32. The van der Waals surface area contributed by atoms with E-state index in [0.717, 1.165) is 5.71 Å². The van der Waals surface area contributed by atoms with Crippen LogP contribution in [0.1, 0.15) is 32.1 Å². The topological polar surface area (TPSA) is 89.0 Å². The first kappa shape index (κ1) is 18.3. The molecular formula is C18H22FN3O4. The molecule has 0 aliphatic carbocycles. The van der Waals surface area contributed by atoms with Gasteiger partial charge < -0.3 is 14.8 Å². The number of carbonyl (C=O) groups is 2. The monoisotopic (exact) mass is 363 g/mol. The van der Waals surface area contributed by atoms with Crippen LogP contribution < -0.4 is 15.5 Å². The fourth-order valence-electron chi connectivity index (χ4n) is 2.91. The molecule has 26 heavy (non-hydrogen) atoms. The number of benzene rings is 1. The second-order valence-electron chi connectivity index (χ2n) is 6.36. The molecule has 1 aromatic rings. The van der Waals surface area contributed by atoms with Gasteiger partial charge in [0, 0.05) is 25.0 Å². The van der Waals surface area contributed by atoms with Crippen LogP contribution in [0.4, 0.5) is 4.39 Å². The highest BCUT2D eigenvalue weighted by atomic mass is 19.1. The van der Waals surface area contributed by atoms with E-state index in [0.29, 0.717) is 44.6 Å². The zero-order valence-corrected chi connectivity index (χ0v) is 14.4. The van der Waals surface area contributed by atoms with Crippen molar-refractivity contribution in [3.8, 4) is 5.75 Å². The van der Waals surface area contributed by atoms with Crippen LogP contribution in [-0.4, -0.2) is 42.9 Å². The summed E-state index contributed by atoms with van der Waals surface area (Å²) in [5.74, 6) is 0.0204. The lowest BCUT2D eigenvalue weighted by molar-refractivity contribution is -0.124. The van der Waals surface area contributed by atoms with Crippen molar-refractivity contribution in [2.24, 2.45) is 5.10 Å². The molecule has 2 aliphatic heterocycles. The smallest absolute Gasteiger partial charge is 0.240 e. The van der Waals surface area contributed by atoms with Gasteiger partial charge in [0.2, 0.25) is 11.8 Å². The Morgan fingerprint density at radius 3 is 2.88 bits per heavy atom. The van der Waals surface area contributed by atoms with Crippen molar-refractivity contribution < 1.29 is 23.5 Å². The second-order valence-corrected chi connectivity index (χ2v) is 6.36. The molecule has 2 atom stereocenters. The van der Waals surface area contributed by atoms with E-state index in [4.69, 9.17) is 9.47 Å². The molecule has 1 fully saturated rings. The SMILES string of the molecule is O=C1CCC(CCC(=O)NC2COCCC2Oc2ccc(F)cc2)=NN1. The molecule has 0 bridgehead atoms. The number of nitrogens with one attached hydrogen (secondary N) is 2. The Balaban J connectivity index is 1.50. The predicted molar refractivity (Wildman–Crippen MR) is 92.2 cm³/mol.